The lowest BCUT2D eigenvalue weighted by Gasteiger charge is -2.12. The van der Waals surface area contributed by atoms with Crippen molar-refractivity contribution in [1.82, 2.24) is 0 Å². The number of nitrogens with one attached hydrogen (secondary N) is 1. The molecule has 0 fully saturated rings. The number of anilines is 1. The van der Waals surface area contributed by atoms with Crippen molar-refractivity contribution in [2.75, 3.05) is 5.32 Å². The highest BCUT2D eigenvalue weighted by Crippen LogP contribution is 2.35. The second-order valence-corrected chi connectivity index (χ2v) is 4.68. The molecule has 5 heteroatoms. The number of hydrogen-bond donors (Lipinski definition) is 1. The van der Waals surface area contributed by atoms with Crippen molar-refractivity contribution < 1.29 is 13.2 Å². The van der Waals surface area contributed by atoms with Gasteiger partial charge in [0.25, 0.3) is 0 Å². The summed E-state index contributed by atoms with van der Waals surface area (Å²) in [5.74, 6) is -3.86. The van der Waals surface area contributed by atoms with E-state index in [4.69, 9.17) is 5.26 Å². The molecule has 3 rings (SSSR count). The van der Waals surface area contributed by atoms with Crippen LogP contribution >= 0.6 is 0 Å². The molecule has 1 N–H and O–H groups in total. The summed E-state index contributed by atoms with van der Waals surface area (Å²) in [5.41, 5.74) is 2.59. The molecule has 0 saturated carbocycles. The molecule has 0 amide bonds. The molecule has 1 aliphatic rings. The zero-order valence-corrected chi connectivity index (χ0v) is 10.3. The Kier molecular flexibility index (Phi) is 2.87. The molecule has 2 nitrogen and oxygen atoms in total. The summed E-state index contributed by atoms with van der Waals surface area (Å²) in [4.78, 5) is 0. The van der Waals surface area contributed by atoms with Gasteiger partial charge in [0, 0.05) is 5.69 Å². The lowest BCUT2D eigenvalue weighted by Crippen LogP contribution is -2.07. The molecule has 0 spiro atoms. The molecule has 0 saturated heterocycles. The van der Waals surface area contributed by atoms with Gasteiger partial charge in [0.1, 0.15) is 0 Å². The SMILES string of the molecule is N#Cc1ccc2c(c1)CC(c1cc(F)c(F)c(F)c1)N2. The van der Waals surface area contributed by atoms with E-state index in [1.165, 1.54) is 0 Å². The molecular weight excluding hydrogens is 265 g/mol. The second-order valence-electron chi connectivity index (χ2n) is 4.68. The van der Waals surface area contributed by atoms with E-state index in [-0.39, 0.29) is 6.04 Å². The molecule has 0 bridgehead atoms. The van der Waals surface area contributed by atoms with Crippen LogP contribution in [0.25, 0.3) is 0 Å². The van der Waals surface area contributed by atoms with Gasteiger partial charge >= 0.3 is 0 Å². The van der Waals surface area contributed by atoms with E-state index >= 15 is 0 Å². The fraction of sp³-hybridized carbons (Fsp3) is 0.133. The van der Waals surface area contributed by atoms with Crippen LogP contribution in [0.15, 0.2) is 30.3 Å². The number of rotatable bonds is 1. The van der Waals surface area contributed by atoms with E-state index in [1.54, 1.807) is 18.2 Å². The quantitative estimate of drug-likeness (QED) is 0.805. The van der Waals surface area contributed by atoms with Crippen LogP contribution in [0.5, 0.6) is 0 Å². The average Bonchev–Trinajstić information content (AvgIpc) is 2.86. The zero-order chi connectivity index (χ0) is 14.3. The Morgan fingerprint density at radius 3 is 2.45 bits per heavy atom. The van der Waals surface area contributed by atoms with Gasteiger partial charge in [0.15, 0.2) is 17.5 Å². The predicted octanol–water partition coefficient (Wildman–Crippen LogP) is 3.68. The number of halogens is 3. The molecule has 0 aromatic heterocycles. The summed E-state index contributed by atoms with van der Waals surface area (Å²) >= 11 is 0. The van der Waals surface area contributed by atoms with Crippen LogP contribution in [-0.4, -0.2) is 0 Å². The predicted molar refractivity (Wildman–Crippen MR) is 67.5 cm³/mol. The first-order valence-corrected chi connectivity index (χ1v) is 6.02. The highest BCUT2D eigenvalue weighted by Gasteiger charge is 2.24. The van der Waals surface area contributed by atoms with E-state index < -0.39 is 17.5 Å². The van der Waals surface area contributed by atoms with Crippen LogP contribution in [0.1, 0.15) is 22.7 Å². The molecule has 2 aromatic carbocycles. The highest BCUT2D eigenvalue weighted by atomic mass is 19.2. The van der Waals surface area contributed by atoms with E-state index in [9.17, 15) is 13.2 Å². The van der Waals surface area contributed by atoms with Gasteiger partial charge < -0.3 is 5.32 Å². The third-order valence-electron chi connectivity index (χ3n) is 3.40. The van der Waals surface area contributed by atoms with Gasteiger partial charge in [-0.25, -0.2) is 13.2 Å². The fourth-order valence-electron chi connectivity index (χ4n) is 2.41. The maximum atomic E-state index is 13.3. The molecule has 1 unspecified atom stereocenters. The number of nitrogens with zero attached hydrogens (tertiary/aromatic N) is 1. The lowest BCUT2D eigenvalue weighted by molar-refractivity contribution is 0.444. The van der Waals surface area contributed by atoms with Gasteiger partial charge in [0.2, 0.25) is 0 Å². The van der Waals surface area contributed by atoms with E-state index in [1.807, 2.05) is 6.07 Å². The largest absolute Gasteiger partial charge is 0.378 e. The third kappa shape index (κ3) is 1.99. The van der Waals surface area contributed by atoms with Crippen LogP contribution in [0.2, 0.25) is 0 Å². The Morgan fingerprint density at radius 2 is 1.80 bits per heavy atom. The average molecular weight is 274 g/mol. The molecule has 20 heavy (non-hydrogen) atoms. The number of benzene rings is 2. The first-order valence-electron chi connectivity index (χ1n) is 6.02. The van der Waals surface area contributed by atoms with E-state index in [0.717, 1.165) is 23.4 Å². The van der Waals surface area contributed by atoms with Gasteiger partial charge in [-0.05, 0) is 47.9 Å². The molecule has 0 radical (unpaired) electrons. The Labute approximate surface area is 113 Å². The normalized spacial score (nSPS) is 16.4. The monoisotopic (exact) mass is 274 g/mol. The van der Waals surface area contributed by atoms with Crippen molar-refractivity contribution in [3.8, 4) is 6.07 Å². The van der Waals surface area contributed by atoms with Crippen LogP contribution in [0, 0.1) is 28.8 Å². The van der Waals surface area contributed by atoms with E-state index in [0.29, 0.717) is 17.5 Å². The summed E-state index contributed by atoms with van der Waals surface area (Å²) in [7, 11) is 0. The molecular formula is C15H9F3N2. The van der Waals surface area contributed by atoms with Crippen molar-refractivity contribution in [2.24, 2.45) is 0 Å². The summed E-state index contributed by atoms with van der Waals surface area (Å²) < 4.78 is 39.5. The fourth-order valence-corrected chi connectivity index (χ4v) is 2.41. The van der Waals surface area contributed by atoms with Crippen molar-refractivity contribution in [1.29, 1.82) is 5.26 Å². The van der Waals surface area contributed by atoms with Crippen LogP contribution in [-0.2, 0) is 6.42 Å². The first kappa shape index (κ1) is 12.5. The second kappa shape index (κ2) is 4.57. The minimum absolute atomic E-state index is 0.330. The molecule has 1 aliphatic heterocycles. The number of fused-ring (bicyclic) bond motifs is 1. The van der Waals surface area contributed by atoms with E-state index in [2.05, 4.69) is 5.32 Å². The van der Waals surface area contributed by atoms with Crippen LogP contribution in [0.3, 0.4) is 0 Å². The van der Waals surface area contributed by atoms with Crippen molar-refractivity contribution in [3.63, 3.8) is 0 Å². The van der Waals surface area contributed by atoms with Gasteiger partial charge in [-0.3, -0.25) is 0 Å². The minimum atomic E-state index is -1.46. The molecule has 1 atom stereocenters. The summed E-state index contributed by atoms with van der Waals surface area (Å²) in [6, 6.07) is 8.85. The van der Waals surface area contributed by atoms with Crippen molar-refractivity contribution in [2.45, 2.75) is 12.5 Å². The maximum Gasteiger partial charge on any atom is 0.194 e. The molecule has 1 heterocycles. The van der Waals surface area contributed by atoms with Crippen molar-refractivity contribution >= 4 is 5.69 Å². The van der Waals surface area contributed by atoms with Gasteiger partial charge in [-0.2, -0.15) is 5.26 Å². The van der Waals surface area contributed by atoms with Gasteiger partial charge in [-0.15, -0.1) is 0 Å². The van der Waals surface area contributed by atoms with Gasteiger partial charge in [-0.1, -0.05) is 0 Å². The molecule has 0 aliphatic carbocycles. The summed E-state index contributed by atoms with van der Waals surface area (Å²) in [5, 5.41) is 12.0. The first-order chi connectivity index (χ1) is 9.58. The maximum absolute atomic E-state index is 13.3. The number of nitriles is 1. The Balaban J connectivity index is 1.94. The Bertz CT molecular complexity index is 711. The Hall–Kier alpha value is -2.48. The van der Waals surface area contributed by atoms with Crippen LogP contribution in [0.4, 0.5) is 18.9 Å². The standard InChI is InChI=1S/C15H9F3N2/c16-11-4-10(5-12(17)15(11)18)14-6-9-3-8(7-19)1-2-13(9)20-14/h1-5,14,20H,6H2. The zero-order valence-electron chi connectivity index (χ0n) is 10.3. The van der Waals surface area contributed by atoms with Crippen LogP contribution < -0.4 is 5.32 Å². The Morgan fingerprint density at radius 1 is 1.10 bits per heavy atom. The minimum Gasteiger partial charge on any atom is -0.378 e. The molecule has 100 valence electrons. The number of hydrogen-bond acceptors (Lipinski definition) is 2. The van der Waals surface area contributed by atoms with Gasteiger partial charge in [0.05, 0.1) is 17.7 Å². The van der Waals surface area contributed by atoms with Crippen molar-refractivity contribution in [3.05, 3.63) is 64.5 Å². The highest BCUT2D eigenvalue weighted by molar-refractivity contribution is 5.60. The molecule has 2 aromatic rings. The third-order valence-corrected chi connectivity index (χ3v) is 3.40. The smallest absolute Gasteiger partial charge is 0.194 e. The topological polar surface area (TPSA) is 35.8 Å². The summed E-state index contributed by atoms with van der Waals surface area (Å²) in [6.07, 6.45) is 0.495. The summed E-state index contributed by atoms with van der Waals surface area (Å²) in [6.45, 7) is 0. The lowest BCUT2D eigenvalue weighted by atomic mass is 10.0.